The Kier molecular flexibility index (Phi) is 6.98. The van der Waals surface area contributed by atoms with Crippen molar-refractivity contribution in [2.24, 2.45) is 14.1 Å². The molecule has 10 nitrogen and oxygen atoms in total. The largest absolute Gasteiger partial charge is 0.329 e. The normalized spacial score (nSPS) is 20.9. The van der Waals surface area contributed by atoms with E-state index in [1.807, 2.05) is 54.2 Å². The molecule has 2 atom stereocenters. The Morgan fingerprint density at radius 3 is 2.35 bits per heavy atom. The number of aromatic nitrogens is 6. The minimum Gasteiger partial charge on any atom is -0.293 e. The van der Waals surface area contributed by atoms with Crippen molar-refractivity contribution >= 4 is 43.7 Å². The monoisotopic (exact) mass is 617 g/mol. The molecule has 0 saturated carbocycles. The quantitative estimate of drug-likeness (QED) is 0.260. The Hall–Kier alpha value is -3.48. The highest BCUT2D eigenvalue weighted by molar-refractivity contribution is 7.98. The number of imidazole rings is 1. The number of hydrogen-bond acceptors (Lipinski definition) is 7. The van der Waals surface area contributed by atoms with Crippen molar-refractivity contribution in [3.63, 3.8) is 0 Å². The van der Waals surface area contributed by atoms with Gasteiger partial charge in [0.1, 0.15) is 0 Å². The first kappa shape index (κ1) is 28.3. The fourth-order valence-corrected chi connectivity index (χ4v) is 9.30. The molecule has 5 aromatic rings. The lowest BCUT2D eigenvalue weighted by atomic mass is 9.97. The molecule has 2 saturated heterocycles. The second kappa shape index (κ2) is 10.6. The number of rotatable bonds is 7. The van der Waals surface area contributed by atoms with Crippen molar-refractivity contribution in [2.75, 3.05) is 12.0 Å². The van der Waals surface area contributed by atoms with Gasteiger partial charge in [-0.05, 0) is 60.8 Å². The van der Waals surface area contributed by atoms with E-state index in [4.69, 9.17) is 9.97 Å². The maximum absolute atomic E-state index is 13.9. The van der Waals surface area contributed by atoms with Crippen LogP contribution in [0.5, 0.6) is 0 Å². The Morgan fingerprint density at radius 1 is 0.953 bits per heavy atom. The molecular formula is C31H35N7O3S2. The van der Waals surface area contributed by atoms with Crippen LogP contribution in [0.25, 0.3) is 44.3 Å². The smallest absolute Gasteiger partial charge is 0.293 e. The third kappa shape index (κ3) is 4.79. The summed E-state index contributed by atoms with van der Waals surface area (Å²) in [7, 11) is 0.387. The van der Waals surface area contributed by atoms with Gasteiger partial charge in [0.15, 0.2) is 0 Å². The molecule has 0 aliphatic carbocycles. The van der Waals surface area contributed by atoms with E-state index in [9.17, 15) is 13.2 Å². The lowest BCUT2D eigenvalue weighted by Gasteiger charge is -2.37. The molecule has 2 bridgehead atoms. The lowest BCUT2D eigenvalue weighted by Crippen LogP contribution is -2.47. The molecule has 2 unspecified atom stereocenters. The summed E-state index contributed by atoms with van der Waals surface area (Å²) in [6.45, 7) is 2.15. The molecule has 2 aliphatic rings. The molecule has 1 aromatic carbocycles. The summed E-state index contributed by atoms with van der Waals surface area (Å²) in [6, 6.07) is 8.19. The number of benzene rings is 1. The van der Waals surface area contributed by atoms with E-state index in [0.29, 0.717) is 12.8 Å². The van der Waals surface area contributed by atoms with E-state index in [-0.39, 0.29) is 23.8 Å². The van der Waals surface area contributed by atoms with E-state index >= 15 is 0 Å². The third-order valence-electron chi connectivity index (χ3n) is 9.05. The molecule has 0 N–H and O–H groups in total. The van der Waals surface area contributed by atoms with Gasteiger partial charge < -0.3 is 0 Å². The fourth-order valence-electron chi connectivity index (χ4n) is 7.19. The number of thioether (sulfide) groups is 1. The van der Waals surface area contributed by atoms with Crippen LogP contribution in [0.1, 0.15) is 44.2 Å². The highest BCUT2D eigenvalue weighted by Gasteiger charge is 2.46. The summed E-state index contributed by atoms with van der Waals surface area (Å²) in [6.07, 6.45) is 11.7. The third-order valence-corrected chi connectivity index (χ3v) is 11.3. The van der Waals surface area contributed by atoms with Crippen molar-refractivity contribution in [2.45, 2.75) is 56.5 Å². The second-order valence-electron chi connectivity index (χ2n) is 11.8. The Bertz CT molecular complexity index is 2010. The first-order chi connectivity index (χ1) is 20.6. The molecule has 224 valence electrons. The second-order valence-corrected chi connectivity index (χ2v) is 15.0. The van der Waals surface area contributed by atoms with Crippen LogP contribution in [0.3, 0.4) is 0 Å². The number of piperidine rings is 1. The molecule has 2 fully saturated rings. The Balaban J connectivity index is 1.39. The molecule has 6 heterocycles. The van der Waals surface area contributed by atoms with Crippen molar-refractivity contribution in [1.29, 1.82) is 0 Å². The topological polar surface area (TPSA) is 108 Å². The predicted octanol–water partition coefficient (Wildman–Crippen LogP) is 4.73. The Morgan fingerprint density at radius 2 is 1.72 bits per heavy atom. The molecule has 4 aromatic heterocycles. The SMILES string of the molecule is CCSCc1cc(-c2ccc(-c3cnn(C)c3)nc2)cc2c1ncc1c2n(C2CC3CCC(C2)N3S(C)(=O)=O)c(=O)n1C. The van der Waals surface area contributed by atoms with Gasteiger partial charge in [-0.3, -0.25) is 23.8 Å². The molecule has 0 amide bonds. The number of nitrogens with zero attached hydrogens (tertiary/aromatic N) is 7. The molecular weight excluding hydrogens is 583 g/mol. The number of hydrogen-bond donors (Lipinski definition) is 0. The summed E-state index contributed by atoms with van der Waals surface area (Å²) < 4.78 is 32.2. The van der Waals surface area contributed by atoms with Crippen LogP contribution in [0.2, 0.25) is 0 Å². The molecule has 43 heavy (non-hydrogen) atoms. The lowest BCUT2D eigenvalue weighted by molar-refractivity contribution is 0.194. The number of fused-ring (bicyclic) bond motifs is 5. The summed E-state index contributed by atoms with van der Waals surface area (Å²) >= 11 is 1.84. The average molecular weight is 618 g/mol. The van der Waals surface area contributed by atoms with Crippen LogP contribution in [0.4, 0.5) is 0 Å². The number of pyridine rings is 2. The van der Waals surface area contributed by atoms with Gasteiger partial charge in [0.2, 0.25) is 10.0 Å². The van der Waals surface area contributed by atoms with Gasteiger partial charge in [-0.25, -0.2) is 13.2 Å². The molecule has 12 heteroatoms. The minimum absolute atomic E-state index is 0.0783. The van der Waals surface area contributed by atoms with Gasteiger partial charge in [-0.15, -0.1) is 0 Å². The van der Waals surface area contributed by atoms with Gasteiger partial charge in [0.05, 0.1) is 40.9 Å². The zero-order valence-electron chi connectivity index (χ0n) is 24.8. The molecule has 2 aliphatic heterocycles. The average Bonchev–Trinajstić information content (AvgIpc) is 3.63. The summed E-state index contributed by atoms with van der Waals surface area (Å²) in [5.74, 6) is 1.78. The van der Waals surface area contributed by atoms with Crippen LogP contribution >= 0.6 is 11.8 Å². The van der Waals surface area contributed by atoms with Crippen molar-refractivity contribution < 1.29 is 8.42 Å². The first-order valence-electron chi connectivity index (χ1n) is 14.7. The van der Waals surface area contributed by atoms with Gasteiger partial charge in [-0.1, -0.05) is 13.0 Å². The summed E-state index contributed by atoms with van der Waals surface area (Å²) in [4.78, 5) is 23.5. The van der Waals surface area contributed by atoms with Gasteiger partial charge in [0, 0.05) is 66.9 Å². The first-order valence-corrected chi connectivity index (χ1v) is 17.7. The highest BCUT2D eigenvalue weighted by Crippen LogP contribution is 2.43. The van der Waals surface area contributed by atoms with Crippen LogP contribution < -0.4 is 5.69 Å². The van der Waals surface area contributed by atoms with Gasteiger partial charge in [0.25, 0.3) is 0 Å². The van der Waals surface area contributed by atoms with Crippen molar-refractivity contribution in [1.82, 2.24) is 33.2 Å². The number of aryl methyl sites for hydroxylation is 2. The fraction of sp³-hybridized carbons (Fsp3) is 0.419. The van der Waals surface area contributed by atoms with Gasteiger partial charge in [-0.2, -0.15) is 21.2 Å². The zero-order valence-corrected chi connectivity index (χ0v) is 26.4. The maximum atomic E-state index is 13.9. The Labute approximate surface area is 254 Å². The predicted molar refractivity (Wildman–Crippen MR) is 172 cm³/mol. The van der Waals surface area contributed by atoms with Gasteiger partial charge >= 0.3 is 5.69 Å². The summed E-state index contributed by atoms with van der Waals surface area (Å²) in [5.41, 5.74) is 7.41. The van der Waals surface area contributed by atoms with E-state index in [2.05, 4.69) is 30.2 Å². The summed E-state index contributed by atoms with van der Waals surface area (Å²) in [5, 5.41) is 5.21. The van der Waals surface area contributed by atoms with Crippen molar-refractivity contribution in [3.05, 3.63) is 65.1 Å². The minimum atomic E-state index is -3.30. The molecule has 7 rings (SSSR count). The number of sulfonamides is 1. The maximum Gasteiger partial charge on any atom is 0.329 e. The van der Waals surface area contributed by atoms with Crippen LogP contribution in [-0.2, 0) is 29.9 Å². The van der Waals surface area contributed by atoms with E-state index in [0.717, 1.165) is 74.2 Å². The van der Waals surface area contributed by atoms with Crippen LogP contribution in [0.15, 0.2) is 53.8 Å². The van der Waals surface area contributed by atoms with Crippen molar-refractivity contribution in [3.8, 4) is 22.4 Å². The van der Waals surface area contributed by atoms with E-state index < -0.39 is 10.0 Å². The molecule has 0 radical (unpaired) electrons. The van der Waals surface area contributed by atoms with E-state index in [1.54, 1.807) is 20.6 Å². The highest BCUT2D eigenvalue weighted by atomic mass is 32.2. The molecule has 0 spiro atoms. The zero-order chi connectivity index (χ0) is 30.0. The van der Waals surface area contributed by atoms with Crippen LogP contribution in [-0.4, -0.2) is 65.7 Å². The standard InChI is InChI=1S/C31H35N7O3S2/c1-5-42-18-21-10-20(19-6-9-27(32-14-19)22-15-34-35(2)17-22)11-26-29(21)33-16-28-30(26)37(31(39)36(28)3)25-12-23-7-8-24(13-25)38(23)43(4,40)41/h6,9-11,14-17,23-25H,5,7-8,12-13,18H2,1-4H3. The van der Waals surface area contributed by atoms with E-state index in [1.165, 1.54) is 6.26 Å². The van der Waals surface area contributed by atoms with Crippen LogP contribution in [0, 0.1) is 0 Å².